The molecule has 146 valence electrons. The van der Waals surface area contributed by atoms with Crippen LogP contribution < -0.4 is 0 Å². The number of carbonyl (C=O) groups is 1. The molecule has 2 aromatic carbocycles. The monoisotopic (exact) mass is 391 g/mol. The Kier molecular flexibility index (Phi) is 5.73. The van der Waals surface area contributed by atoms with E-state index >= 15 is 0 Å². The zero-order valence-corrected chi connectivity index (χ0v) is 18.1. The topological polar surface area (TPSA) is 40.5 Å². The Hall–Kier alpha value is -2.43. The molecule has 1 unspecified atom stereocenters. The van der Waals surface area contributed by atoms with Crippen LogP contribution >= 0.6 is 0 Å². The van der Waals surface area contributed by atoms with Gasteiger partial charge in [0.15, 0.2) is 0 Å². The van der Waals surface area contributed by atoms with Crippen LogP contribution in [0, 0.1) is 5.92 Å². The molecule has 4 heteroatoms. The van der Waals surface area contributed by atoms with Crippen molar-refractivity contribution in [3.63, 3.8) is 0 Å². The lowest BCUT2D eigenvalue weighted by Crippen LogP contribution is -2.44. The first-order valence-corrected chi connectivity index (χ1v) is 13.4. The van der Waals surface area contributed by atoms with Crippen molar-refractivity contribution < 1.29 is 9.90 Å². The van der Waals surface area contributed by atoms with Gasteiger partial charge >= 0.3 is 0 Å². The van der Waals surface area contributed by atoms with Crippen LogP contribution in [0.1, 0.15) is 11.1 Å². The molecular formula is C24H29NO2Si. The molecule has 0 aliphatic heterocycles. The minimum Gasteiger partial charge on any atom is -0.379 e. The maximum atomic E-state index is 13.3. The molecule has 0 aromatic heterocycles. The number of benzene rings is 2. The molecule has 1 aliphatic carbocycles. The first-order valence-electron chi connectivity index (χ1n) is 9.71. The molecule has 0 saturated carbocycles. The van der Waals surface area contributed by atoms with Crippen molar-refractivity contribution in [2.75, 3.05) is 13.2 Å². The van der Waals surface area contributed by atoms with E-state index in [1.807, 2.05) is 90.8 Å². The van der Waals surface area contributed by atoms with Gasteiger partial charge in [-0.2, -0.15) is 0 Å². The van der Waals surface area contributed by atoms with E-state index in [0.29, 0.717) is 5.57 Å². The van der Waals surface area contributed by atoms with Gasteiger partial charge in [0.1, 0.15) is 5.60 Å². The third-order valence-corrected chi connectivity index (χ3v) is 6.52. The molecule has 0 radical (unpaired) electrons. The van der Waals surface area contributed by atoms with Gasteiger partial charge < -0.3 is 10.0 Å². The lowest BCUT2D eigenvalue weighted by molar-refractivity contribution is -0.126. The highest BCUT2D eigenvalue weighted by Crippen LogP contribution is 2.43. The third kappa shape index (κ3) is 4.03. The molecule has 1 N–H and O–H groups in total. The standard InChI is InChI=1S/C24H29NO2Si/c1-25(18-28(2,3)4)23(26)21-16-11-17-22(21)24(27,19-12-7-5-8-13-19)20-14-9-6-10-15-20/h5-17,22,27H,18H2,1-4H3. The summed E-state index contributed by atoms with van der Waals surface area (Å²) in [4.78, 5) is 15.1. The number of amides is 1. The second kappa shape index (κ2) is 7.90. The van der Waals surface area contributed by atoms with Crippen LogP contribution in [0.15, 0.2) is 84.5 Å². The third-order valence-electron chi connectivity index (χ3n) is 5.10. The van der Waals surface area contributed by atoms with Gasteiger partial charge in [-0.3, -0.25) is 4.79 Å². The highest BCUT2D eigenvalue weighted by atomic mass is 28.3. The lowest BCUT2D eigenvalue weighted by Gasteiger charge is -2.37. The highest BCUT2D eigenvalue weighted by Gasteiger charge is 2.44. The predicted molar refractivity (Wildman–Crippen MR) is 118 cm³/mol. The number of hydrogen-bond donors (Lipinski definition) is 1. The largest absolute Gasteiger partial charge is 0.379 e. The van der Waals surface area contributed by atoms with Crippen LogP contribution in [0.3, 0.4) is 0 Å². The molecule has 3 rings (SSSR count). The minimum absolute atomic E-state index is 0.0114. The maximum absolute atomic E-state index is 13.3. The number of aliphatic hydroxyl groups is 1. The summed E-state index contributed by atoms with van der Waals surface area (Å²) < 4.78 is 0. The molecular weight excluding hydrogens is 362 g/mol. The van der Waals surface area contributed by atoms with Crippen molar-refractivity contribution in [2.24, 2.45) is 5.92 Å². The van der Waals surface area contributed by atoms with Crippen molar-refractivity contribution in [3.05, 3.63) is 95.6 Å². The van der Waals surface area contributed by atoms with Crippen LogP contribution in [0.2, 0.25) is 19.6 Å². The van der Waals surface area contributed by atoms with Crippen molar-refractivity contribution in [1.82, 2.24) is 4.90 Å². The first kappa shape index (κ1) is 20.3. The summed E-state index contributed by atoms with van der Waals surface area (Å²) in [6, 6.07) is 19.2. The van der Waals surface area contributed by atoms with E-state index in [4.69, 9.17) is 0 Å². The van der Waals surface area contributed by atoms with E-state index in [1.165, 1.54) is 0 Å². The normalized spacial score (nSPS) is 16.8. The molecule has 3 nitrogen and oxygen atoms in total. The SMILES string of the molecule is CN(C[Si](C)(C)C)C(=O)C1=CC=CC1C(O)(c1ccccc1)c1ccccc1. The summed E-state index contributed by atoms with van der Waals surface area (Å²) in [5.41, 5.74) is 0.890. The van der Waals surface area contributed by atoms with Crippen molar-refractivity contribution in [2.45, 2.75) is 25.2 Å². The van der Waals surface area contributed by atoms with E-state index < -0.39 is 19.6 Å². The second-order valence-electron chi connectivity index (χ2n) is 8.70. The smallest absolute Gasteiger partial charge is 0.249 e. The van der Waals surface area contributed by atoms with E-state index in [1.54, 1.807) is 0 Å². The van der Waals surface area contributed by atoms with Crippen LogP contribution in [0.5, 0.6) is 0 Å². The fourth-order valence-electron chi connectivity index (χ4n) is 3.96. The van der Waals surface area contributed by atoms with E-state index in [0.717, 1.165) is 17.3 Å². The average molecular weight is 392 g/mol. The van der Waals surface area contributed by atoms with E-state index in [-0.39, 0.29) is 5.91 Å². The van der Waals surface area contributed by atoms with Gasteiger partial charge in [0.25, 0.3) is 0 Å². The van der Waals surface area contributed by atoms with E-state index in [2.05, 4.69) is 19.6 Å². The fraction of sp³-hybridized carbons (Fsp3) is 0.292. The molecule has 0 fully saturated rings. The average Bonchev–Trinajstić information content (AvgIpc) is 3.17. The van der Waals surface area contributed by atoms with Crippen LogP contribution in [-0.4, -0.2) is 37.2 Å². The minimum atomic E-state index is -1.43. The first-order chi connectivity index (χ1) is 13.2. The number of allylic oxidation sites excluding steroid dienone is 2. The molecule has 2 aromatic rings. The number of hydrogen-bond acceptors (Lipinski definition) is 2. The predicted octanol–water partition coefficient (Wildman–Crippen LogP) is 4.37. The molecule has 0 heterocycles. The second-order valence-corrected chi connectivity index (χ2v) is 14.1. The Bertz CT molecular complexity index is 842. The van der Waals surface area contributed by atoms with Crippen LogP contribution in [0.4, 0.5) is 0 Å². The van der Waals surface area contributed by atoms with Gasteiger partial charge in [-0.05, 0) is 11.1 Å². The maximum Gasteiger partial charge on any atom is 0.249 e. The summed E-state index contributed by atoms with van der Waals surface area (Å²) in [6.07, 6.45) is 6.46. The van der Waals surface area contributed by atoms with Gasteiger partial charge in [0.05, 0.1) is 8.07 Å². The lowest BCUT2D eigenvalue weighted by atomic mass is 9.73. The Labute approximate surface area is 169 Å². The van der Waals surface area contributed by atoms with Crippen molar-refractivity contribution >= 4 is 14.0 Å². The molecule has 0 spiro atoms. The highest BCUT2D eigenvalue weighted by molar-refractivity contribution is 6.76. The zero-order valence-electron chi connectivity index (χ0n) is 17.1. The van der Waals surface area contributed by atoms with Gasteiger partial charge in [-0.1, -0.05) is 98.5 Å². The fourth-order valence-corrected chi connectivity index (χ4v) is 5.53. The van der Waals surface area contributed by atoms with Gasteiger partial charge in [0, 0.05) is 24.7 Å². The summed E-state index contributed by atoms with van der Waals surface area (Å²) in [6.45, 7) is 6.75. The van der Waals surface area contributed by atoms with Crippen molar-refractivity contribution in [3.8, 4) is 0 Å². The zero-order chi connectivity index (χ0) is 20.4. The number of likely N-dealkylation sites (N-methyl/N-ethyl adjacent to an activating group) is 1. The van der Waals surface area contributed by atoms with Gasteiger partial charge in [0.2, 0.25) is 5.91 Å². The summed E-state index contributed by atoms with van der Waals surface area (Å²) in [7, 11) is 0.427. The van der Waals surface area contributed by atoms with Gasteiger partial charge in [-0.15, -0.1) is 0 Å². The molecule has 1 atom stereocenters. The summed E-state index contributed by atoms with van der Waals surface area (Å²) in [5.74, 6) is -0.448. The van der Waals surface area contributed by atoms with Crippen LogP contribution in [0.25, 0.3) is 0 Å². The van der Waals surface area contributed by atoms with Gasteiger partial charge in [-0.25, -0.2) is 0 Å². The molecule has 0 bridgehead atoms. The molecule has 28 heavy (non-hydrogen) atoms. The Balaban J connectivity index is 2.03. The summed E-state index contributed by atoms with van der Waals surface area (Å²) >= 11 is 0. The molecule has 1 amide bonds. The molecule has 0 saturated heterocycles. The Morgan fingerprint density at radius 1 is 1.00 bits per heavy atom. The number of nitrogens with zero attached hydrogens (tertiary/aromatic N) is 1. The van der Waals surface area contributed by atoms with Crippen LogP contribution in [-0.2, 0) is 10.4 Å². The Morgan fingerprint density at radius 2 is 1.50 bits per heavy atom. The van der Waals surface area contributed by atoms with Crippen molar-refractivity contribution in [1.29, 1.82) is 0 Å². The number of carbonyl (C=O) groups excluding carboxylic acids is 1. The summed E-state index contributed by atoms with van der Waals surface area (Å²) in [5, 5.41) is 12.0. The quantitative estimate of drug-likeness (QED) is 0.743. The van der Waals surface area contributed by atoms with E-state index in [9.17, 15) is 9.90 Å². The Morgan fingerprint density at radius 3 is 1.96 bits per heavy atom. The molecule has 1 aliphatic rings. The number of rotatable bonds is 6.